The van der Waals surface area contributed by atoms with Crippen molar-refractivity contribution in [3.63, 3.8) is 0 Å². The summed E-state index contributed by atoms with van der Waals surface area (Å²) < 4.78 is 0. The van der Waals surface area contributed by atoms with Gasteiger partial charge in [0.05, 0.1) is 0 Å². The van der Waals surface area contributed by atoms with Crippen molar-refractivity contribution in [2.75, 3.05) is 44.2 Å². The Kier molecular flexibility index (Phi) is 4.77. The average Bonchev–Trinajstić information content (AvgIpc) is 2.73. The SMILES string of the molecule is O=C(C1CCc2ccccc2C1)N1CC(N2CCN(c3ccccn3)CC2)C1. The van der Waals surface area contributed by atoms with Gasteiger partial charge in [-0.3, -0.25) is 9.69 Å². The van der Waals surface area contributed by atoms with Gasteiger partial charge in [-0.2, -0.15) is 0 Å². The van der Waals surface area contributed by atoms with Crippen LogP contribution in [0.5, 0.6) is 0 Å². The molecular formula is C23H28N4O. The van der Waals surface area contributed by atoms with E-state index in [0.717, 1.165) is 64.3 Å². The summed E-state index contributed by atoms with van der Waals surface area (Å²) in [6.45, 7) is 5.95. The standard InChI is InChI=1S/C23H28N4O/c28-23(20-9-8-18-5-1-2-6-19(18)15-20)27-16-21(17-27)25-11-13-26(14-12-25)22-7-3-4-10-24-22/h1-7,10,20-21H,8-9,11-17H2. The van der Waals surface area contributed by atoms with E-state index in [0.29, 0.717) is 11.9 Å². The maximum atomic E-state index is 12.9. The minimum atomic E-state index is 0.178. The Balaban J connectivity index is 1.11. The number of carbonyl (C=O) groups is 1. The third kappa shape index (κ3) is 3.39. The highest BCUT2D eigenvalue weighted by atomic mass is 16.2. The lowest BCUT2D eigenvalue weighted by Crippen LogP contribution is -2.65. The number of likely N-dealkylation sites (tertiary alicyclic amines) is 1. The highest BCUT2D eigenvalue weighted by Crippen LogP contribution is 2.29. The molecule has 146 valence electrons. The summed E-state index contributed by atoms with van der Waals surface area (Å²) in [7, 11) is 0. The quantitative estimate of drug-likeness (QED) is 0.824. The number of amides is 1. The van der Waals surface area contributed by atoms with Crippen molar-refractivity contribution in [1.29, 1.82) is 0 Å². The van der Waals surface area contributed by atoms with Crippen LogP contribution < -0.4 is 4.90 Å². The van der Waals surface area contributed by atoms with Crippen molar-refractivity contribution < 1.29 is 4.79 Å². The van der Waals surface area contributed by atoms with E-state index >= 15 is 0 Å². The molecule has 0 spiro atoms. The molecular weight excluding hydrogens is 348 g/mol. The molecule has 0 saturated carbocycles. The minimum absolute atomic E-state index is 0.178. The van der Waals surface area contributed by atoms with Crippen LogP contribution in [0.25, 0.3) is 0 Å². The maximum absolute atomic E-state index is 12.9. The molecule has 0 N–H and O–H groups in total. The first kappa shape index (κ1) is 17.7. The van der Waals surface area contributed by atoms with Crippen LogP contribution in [0.15, 0.2) is 48.7 Å². The van der Waals surface area contributed by atoms with Gasteiger partial charge in [0.1, 0.15) is 5.82 Å². The van der Waals surface area contributed by atoms with Gasteiger partial charge in [0.15, 0.2) is 0 Å². The molecule has 1 amide bonds. The fraction of sp³-hybridized carbons (Fsp3) is 0.478. The fourth-order valence-corrected chi connectivity index (χ4v) is 4.89. The Hall–Kier alpha value is -2.40. The number of pyridine rings is 1. The molecule has 0 radical (unpaired) electrons. The van der Waals surface area contributed by atoms with Gasteiger partial charge in [-0.1, -0.05) is 30.3 Å². The summed E-state index contributed by atoms with van der Waals surface area (Å²) in [5, 5.41) is 0. The molecule has 5 nitrogen and oxygen atoms in total. The lowest BCUT2D eigenvalue weighted by atomic mass is 9.82. The third-order valence-electron chi connectivity index (χ3n) is 6.67. The Morgan fingerprint density at radius 3 is 2.43 bits per heavy atom. The second-order valence-corrected chi connectivity index (χ2v) is 8.32. The molecule has 3 aliphatic rings. The fourth-order valence-electron chi connectivity index (χ4n) is 4.89. The number of hydrogen-bond donors (Lipinski definition) is 0. The highest BCUT2D eigenvalue weighted by molar-refractivity contribution is 5.80. The smallest absolute Gasteiger partial charge is 0.226 e. The van der Waals surface area contributed by atoms with Gasteiger partial charge in [0.2, 0.25) is 5.91 Å². The number of rotatable bonds is 3. The molecule has 28 heavy (non-hydrogen) atoms. The van der Waals surface area contributed by atoms with Gasteiger partial charge in [-0.25, -0.2) is 4.98 Å². The number of anilines is 1. The first-order valence-corrected chi connectivity index (χ1v) is 10.5. The monoisotopic (exact) mass is 376 g/mol. The summed E-state index contributed by atoms with van der Waals surface area (Å²) in [5.41, 5.74) is 2.80. The molecule has 2 aromatic rings. The normalized spacial score (nSPS) is 23.2. The molecule has 2 saturated heterocycles. The lowest BCUT2D eigenvalue weighted by molar-refractivity contribution is -0.143. The molecule has 2 aliphatic heterocycles. The largest absolute Gasteiger partial charge is 0.354 e. The summed E-state index contributed by atoms with van der Waals surface area (Å²) >= 11 is 0. The molecule has 1 atom stereocenters. The van der Waals surface area contributed by atoms with Crippen molar-refractivity contribution in [3.05, 3.63) is 59.8 Å². The van der Waals surface area contributed by atoms with Crippen LogP contribution >= 0.6 is 0 Å². The highest BCUT2D eigenvalue weighted by Gasteiger charge is 2.39. The second kappa shape index (κ2) is 7.55. The van der Waals surface area contributed by atoms with Crippen LogP contribution in [0.1, 0.15) is 17.5 Å². The average molecular weight is 377 g/mol. The van der Waals surface area contributed by atoms with E-state index in [-0.39, 0.29) is 5.92 Å². The van der Waals surface area contributed by atoms with Gasteiger partial charge < -0.3 is 9.80 Å². The van der Waals surface area contributed by atoms with Crippen molar-refractivity contribution in [2.24, 2.45) is 5.92 Å². The van der Waals surface area contributed by atoms with Gasteiger partial charge in [0, 0.05) is 57.4 Å². The van der Waals surface area contributed by atoms with Gasteiger partial charge in [-0.15, -0.1) is 0 Å². The predicted molar refractivity (Wildman–Crippen MR) is 110 cm³/mol. The summed E-state index contributed by atoms with van der Waals surface area (Å²) in [6, 6.07) is 15.2. The summed E-state index contributed by atoms with van der Waals surface area (Å²) in [5.74, 6) is 1.62. The van der Waals surface area contributed by atoms with E-state index < -0.39 is 0 Å². The molecule has 1 unspecified atom stereocenters. The molecule has 1 aromatic heterocycles. The van der Waals surface area contributed by atoms with E-state index in [2.05, 4.69) is 50.0 Å². The number of benzene rings is 1. The zero-order valence-electron chi connectivity index (χ0n) is 16.3. The van der Waals surface area contributed by atoms with E-state index in [1.165, 1.54) is 11.1 Å². The number of nitrogens with zero attached hydrogens (tertiary/aromatic N) is 4. The number of fused-ring (bicyclic) bond motifs is 1. The zero-order chi connectivity index (χ0) is 18.9. The van der Waals surface area contributed by atoms with E-state index in [9.17, 15) is 4.79 Å². The third-order valence-corrected chi connectivity index (χ3v) is 6.67. The van der Waals surface area contributed by atoms with Crippen molar-refractivity contribution in [1.82, 2.24) is 14.8 Å². The number of aryl methyl sites for hydroxylation is 1. The second-order valence-electron chi connectivity index (χ2n) is 8.32. The Morgan fingerprint density at radius 1 is 0.929 bits per heavy atom. The Morgan fingerprint density at radius 2 is 1.68 bits per heavy atom. The van der Waals surface area contributed by atoms with Crippen molar-refractivity contribution >= 4 is 11.7 Å². The van der Waals surface area contributed by atoms with Crippen LogP contribution in [0.4, 0.5) is 5.82 Å². The molecule has 1 aromatic carbocycles. The number of carbonyl (C=O) groups excluding carboxylic acids is 1. The minimum Gasteiger partial charge on any atom is -0.354 e. The van der Waals surface area contributed by atoms with Crippen molar-refractivity contribution in [2.45, 2.75) is 25.3 Å². The van der Waals surface area contributed by atoms with Crippen LogP contribution in [-0.2, 0) is 17.6 Å². The lowest BCUT2D eigenvalue weighted by Gasteiger charge is -2.49. The van der Waals surface area contributed by atoms with Gasteiger partial charge in [-0.05, 0) is 42.5 Å². The predicted octanol–water partition coefficient (Wildman–Crippen LogP) is 2.22. The van der Waals surface area contributed by atoms with Gasteiger partial charge in [0.25, 0.3) is 0 Å². The van der Waals surface area contributed by atoms with Crippen LogP contribution in [0.2, 0.25) is 0 Å². The van der Waals surface area contributed by atoms with Crippen LogP contribution in [0.3, 0.4) is 0 Å². The molecule has 5 rings (SSSR count). The Bertz CT molecular complexity index is 826. The summed E-state index contributed by atoms with van der Waals surface area (Å²) in [4.78, 5) is 24.4. The van der Waals surface area contributed by atoms with E-state index in [1.54, 1.807) is 0 Å². The van der Waals surface area contributed by atoms with Crippen LogP contribution in [0, 0.1) is 5.92 Å². The molecule has 0 bridgehead atoms. The van der Waals surface area contributed by atoms with Crippen LogP contribution in [-0.4, -0.2) is 66.0 Å². The Labute approximate surface area is 167 Å². The topological polar surface area (TPSA) is 39.7 Å². The number of piperazine rings is 1. The van der Waals surface area contributed by atoms with Crippen molar-refractivity contribution in [3.8, 4) is 0 Å². The summed E-state index contributed by atoms with van der Waals surface area (Å²) in [6.07, 6.45) is 4.82. The molecule has 2 fully saturated rings. The number of aromatic nitrogens is 1. The molecule has 5 heteroatoms. The molecule has 1 aliphatic carbocycles. The maximum Gasteiger partial charge on any atom is 0.226 e. The van der Waals surface area contributed by atoms with Gasteiger partial charge >= 0.3 is 0 Å². The molecule has 3 heterocycles. The zero-order valence-corrected chi connectivity index (χ0v) is 16.3. The number of hydrogen-bond acceptors (Lipinski definition) is 4. The van der Waals surface area contributed by atoms with E-state index in [1.807, 2.05) is 18.3 Å². The first-order valence-electron chi connectivity index (χ1n) is 10.5. The van der Waals surface area contributed by atoms with E-state index in [4.69, 9.17) is 0 Å². The first-order chi connectivity index (χ1) is 13.8.